The Bertz CT molecular complexity index is 581. The van der Waals surface area contributed by atoms with Gasteiger partial charge in [0.2, 0.25) is 0 Å². The second kappa shape index (κ2) is 8.25. The van der Waals surface area contributed by atoms with Crippen molar-refractivity contribution in [3.8, 4) is 0 Å². The molecule has 0 saturated carbocycles. The zero-order valence-corrected chi connectivity index (χ0v) is 13.2. The van der Waals surface area contributed by atoms with Crippen LogP contribution in [0.15, 0.2) is 21.7 Å². The quantitative estimate of drug-likeness (QED) is 0.205. The summed E-state index contributed by atoms with van der Waals surface area (Å²) in [7, 11) is 0. The summed E-state index contributed by atoms with van der Waals surface area (Å²) in [6.45, 7) is 5.74. The maximum absolute atomic E-state index is 11.9. The van der Waals surface area contributed by atoms with E-state index < -0.39 is 22.3 Å². The van der Waals surface area contributed by atoms with E-state index in [1.54, 1.807) is 13.8 Å². The lowest BCUT2D eigenvalue weighted by Gasteiger charge is -2.26. The molecule has 0 aromatic carbocycles. The number of rotatable bonds is 9. The molecule has 23 heavy (non-hydrogen) atoms. The fourth-order valence-corrected chi connectivity index (χ4v) is 1.57. The van der Waals surface area contributed by atoms with Crippen LogP contribution in [0.1, 0.15) is 37.7 Å². The number of furan rings is 1. The molecule has 1 aromatic rings. The molecule has 10 heteroatoms. The van der Waals surface area contributed by atoms with Crippen LogP contribution in [0.5, 0.6) is 0 Å². The summed E-state index contributed by atoms with van der Waals surface area (Å²) in [5.74, 6) is -1.40. The summed E-state index contributed by atoms with van der Waals surface area (Å²) in [6, 6.07) is 2.27. The zero-order valence-electron chi connectivity index (χ0n) is 13.2. The van der Waals surface area contributed by atoms with Crippen LogP contribution in [0.3, 0.4) is 0 Å². The molecule has 0 saturated heterocycles. The van der Waals surface area contributed by atoms with Crippen molar-refractivity contribution in [1.82, 2.24) is 10.8 Å². The Kier molecular flexibility index (Phi) is 6.66. The van der Waals surface area contributed by atoms with Crippen molar-refractivity contribution in [2.24, 2.45) is 5.16 Å². The van der Waals surface area contributed by atoms with Crippen LogP contribution < -0.4 is 10.8 Å². The molecule has 0 aliphatic heterocycles. The first kappa shape index (κ1) is 18.6. The average molecular weight is 328 g/mol. The summed E-state index contributed by atoms with van der Waals surface area (Å²) < 4.78 is 4.78. The standard InChI is InChI=1S/C13H20N4O6/c1-4-7-22-16-13(2,3)10(15-19)8-14-12(18)9-5-6-11(23-9)17(20)21/h5-6,16,19H,4,7-8H2,1-3H3,(H,14,18)/b15-10+. The van der Waals surface area contributed by atoms with Crippen molar-refractivity contribution in [3.05, 3.63) is 28.0 Å². The third-order valence-corrected chi connectivity index (χ3v) is 2.89. The Morgan fingerprint density at radius 1 is 1.52 bits per heavy atom. The number of nitro groups is 1. The summed E-state index contributed by atoms with van der Waals surface area (Å²) in [6.07, 6.45) is 0.808. The van der Waals surface area contributed by atoms with Gasteiger partial charge in [-0.15, -0.1) is 0 Å². The zero-order chi connectivity index (χ0) is 17.5. The summed E-state index contributed by atoms with van der Waals surface area (Å²) in [5.41, 5.74) is 2.12. The molecule has 1 heterocycles. The number of hydrogen-bond acceptors (Lipinski definition) is 8. The predicted octanol–water partition coefficient (Wildman–Crippen LogP) is 1.46. The van der Waals surface area contributed by atoms with Gasteiger partial charge in [-0.05, 0) is 26.3 Å². The van der Waals surface area contributed by atoms with Crippen molar-refractivity contribution in [2.75, 3.05) is 13.2 Å². The molecule has 128 valence electrons. The van der Waals surface area contributed by atoms with Crippen molar-refractivity contribution in [1.29, 1.82) is 0 Å². The molecular weight excluding hydrogens is 308 g/mol. The summed E-state index contributed by atoms with van der Waals surface area (Å²) >= 11 is 0. The largest absolute Gasteiger partial charge is 0.433 e. The van der Waals surface area contributed by atoms with E-state index in [9.17, 15) is 14.9 Å². The van der Waals surface area contributed by atoms with E-state index in [1.165, 1.54) is 6.07 Å². The van der Waals surface area contributed by atoms with E-state index in [0.717, 1.165) is 12.5 Å². The van der Waals surface area contributed by atoms with Crippen LogP contribution in [0.25, 0.3) is 0 Å². The van der Waals surface area contributed by atoms with E-state index in [-0.39, 0.29) is 18.0 Å². The summed E-state index contributed by atoms with van der Waals surface area (Å²) in [4.78, 5) is 26.8. The molecule has 0 spiro atoms. The van der Waals surface area contributed by atoms with Gasteiger partial charge in [0, 0.05) is 0 Å². The first-order chi connectivity index (χ1) is 10.8. The Hall–Kier alpha value is -2.46. The van der Waals surface area contributed by atoms with Crippen LogP contribution in [0.4, 0.5) is 5.88 Å². The fourth-order valence-electron chi connectivity index (χ4n) is 1.57. The predicted molar refractivity (Wildman–Crippen MR) is 80.4 cm³/mol. The van der Waals surface area contributed by atoms with E-state index in [4.69, 9.17) is 14.5 Å². The van der Waals surface area contributed by atoms with E-state index in [2.05, 4.69) is 16.0 Å². The number of amides is 1. The van der Waals surface area contributed by atoms with Gasteiger partial charge in [0.15, 0.2) is 5.76 Å². The normalized spacial score (nSPS) is 12.2. The second-order valence-corrected chi connectivity index (χ2v) is 5.20. The first-order valence-corrected chi connectivity index (χ1v) is 6.94. The molecule has 0 atom stereocenters. The minimum absolute atomic E-state index is 0.0979. The Morgan fingerprint density at radius 2 is 2.22 bits per heavy atom. The van der Waals surface area contributed by atoms with Crippen molar-refractivity contribution in [2.45, 2.75) is 32.7 Å². The van der Waals surface area contributed by atoms with E-state index in [0.29, 0.717) is 6.61 Å². The molecule has 0 aliphatic carbocycles. The summed E-state index contributed by atoms with van der Waals surface area (Å²) in [5, 5.41) is 25.2. The number of hydrogen-bond donors (Lipinski definition) is 3. The molecule has 1 amide bonds. The molecule has 3 N–H and O–H groups in total. The van der Waals surface area contributed by atoms with Crippen LogP contribution >= 0.6 is 0 Å². The lowest BCUT2D eigenvalue weighted by Crippen LogP contribution is -2.51. The monoisotopic (exact) mass is 328 g/mol. The number of nitrogens with zero attached hydrogens (tertiary/aromatic N) is 2. The van der Waals surface area contributed by atoms with Crippen LogP contribution in [-0.2, 0) is 4.84 Å². The second-order valence-electron chi connectivity index (χ2n) is 5.20. The molecular formula is C13H20N4O6. The number of hydroxylamine groups is 1. The molecule has 0 unspecified atom stereocenters. The molecule has 0 bridgehead atoms. The number of oxime groups is 1. The Balaban J connectivity index is 2.62. The van der Waals surface area contributed by atoms with Crippen LogP contribution in [-0.4, -0.2) is 40.4 Å². The third-order valence-electron chi connectivity index (χ3n) is 2.89. The van der Waals surface area contributed by atoms with Gasteiger partial charge in [0.25, 0.3) is 5.91 Å². The number of carbonyl (C=O) groups is 1. The minimum Gasteiger partial charge on any atom is -0.411 e. The highest BCUT2D eigenvalue weighted by molar-refractivity contribution is 5.99. The molecule has 10 nitrogen and oxygen atoms in total. The lowest BCUT2D eigenvalue weighted by molar-refractivity contribution is -0.402. The Labute approximate surface area is 132 Å². The molecule has 0 aliphatic rings. The lowest BCUT2D eigenvalue weighted by atomic mass is 9.99. The molecule has 1 rings (SSSR count). The molecule has 0 fully saturated rings. The molecule has 1 aromatic heterocycles. The highest BCUT2D eigenvalue weighted by Crippen LogP contribution is 2.15. The van der Waals surface area contributed by atoms with Crippen LogP contribution in [0, 0.1) is 10.1 Å². The van der Waals surface area contributed by atoms with Gasteiger partial charge in [-0.25, -0.2) is 0 Å². The number of carbonyl (C=O) groups excluding carboxylic acids is 1. The van der Waals surface area contributed by atoms with Gasteiger partial charge in [-0.3, -0.25) is 14.9 Å². The van der Waals surface area contributed by atoms with Gasteiger partial charge in [0.05, 0.1) is 30.5 Å². The van der Waals surface area contributed by atoms with Gasteiger partial charge in [-0.2, -0.15) is 5.48 Å². The van der Waals surface area contributed by atoms with Gasteiger partial charge >= 0.3 is 5.88 Å². The van der Waals surface area contributed by atoms with Crippen LogP contribution in [0.2, 0.25) is 0 Å². The SMILES string of the molecule is CCCONC(C)(C)/C(CNC(=O)c1ccc([N+](=O)[O-])o1)=N/O. The average Bonchev–Trinajstić information content (AvgIpc) is 2.97. The van der Waals surface area contributed by atoms with E-state index >= 15 is 0 Å². The maximum Gasteiger partial charge on any atom is 0.433 e. The fraction of sp³-hybridized carbons (Fsp3) is 0.538. The van der Waals surface area contributed by atoms with Gasteiger partial charge < -0.3 is 19.8 Å². The minimum atomic E-state index is -0.827. The topological polar surface area (TPSA) is 139 Å². The highest BCUT2D eigenvalue weighted by atomic mass is 16.7. The third kappa shape index (κ3) is 5.34. The smallest absolute Gasteiger partial charge is 0.411 e. The van der Waals surface area contributed by atoms with Crippen molar-refractivity contribution in [3.63, 3.8) is 0 Å². The Morgan fingerprint density at radius 3 is 2.74 bits per heavy atom. The van der Waals surface area contributed by atoms with Crippen molar-refractivity contribution >= 4 is 17.5 Å². The highest BCUT2D eigenvalue weighted by Gasteiger charge is 2.27. The first-order valence-electron chi connectivity index (χ1n) is 6.94. The van der Waals surface area contributed by atoms with Crippen molar-refractivity contribution < 1.29 is 24.2 Å². The maximum atomic E-state index is 11.9. The molecule has 0 radical (unpaired) electrons. The number of nitrogens with one attached hydrogen (secondary N) is 2. The van der Waals surface area contributed by atoms with Gasteiger partial charge in [-0.1, -0.05) is 12.1 Å². The van der Waals surface area contributed by atoms with E-state index in [1.807, 2.05) is 6.92 Å². The van der Waals surface area contributed by atoms with Gasteiger partial charge in [0.1, 0.15) is 4.92 Å².